The van der Waals surface area contributed by atoms with E-state index in [2.05, 4.69) is 26.8 Å². The minimum absolute atomic E-state index is 0.109. The van der Waals surface area contributed by atoms with Crippen LogP contribution < -0.4 is 20.7 Å². The molecule has 0 amide bonds. The Balaban J connectivity index is 1.95. The Bertz CT molecular complexity index is 1200. The molecule has 0 saturated carbocycles. The minimum atomic E-state index is -0.369. The summed E-state index contributed by atoms with van der Waals surface area (Å²) in [5.41, 5.74) is 9.21. The number of nitrogens with one attached hydrogen (secondary N) is 1. The van der Waals surface area contributed by atoms with E-state index in [0.29, 0.717) is 52.4 Å². The Morgan fingerprint density at radius 2 is 2.00 bits per heavy atom. The molecule has 3 rings (SSSR count). The molecule has 1 aliphatic rings. The van der Waals surface area contributed by atoms with Gasteiger partial charge in [-0.15, -0.1) is 0 Å². The van der Waals surface area contributed by atoms with E-state index >= 15 is 0 Å². The molecule has 9 nitrogen and oxygen atoms in total. The lowest BCUT2D eigenvalue weighted by Crippen LogP contribution is -2.29. The van der Waals surface area contributed by atoms with Crippen LogP contribution >= 0.6 is 0 Å². The molecule has 0 saturated heterocycles. The van der Waals surface area contributed by atoms with E-state index in [0.717, 1.165) is 13.1 Å². The summed E-state index contributed by atoms with van der Waals surface area (Å²) in [6, 6.07) is 3.53. The second-order valence-corrected chi connectivity index (χ2v) is 9.48. The number of allylic oxidation sites excluding steroid dienone is 5. The second-order valence-electron chi connectivity index (χ2n) is 9.48. The predicted molar refractivity (Wildman–Crippen MR) is 150 cm³/mol. The lowest BCUT2D eigenvalue weighted by molar-refractivity contribution is 0.234. The lowest BCUT2D eigenvalue weighted by atomic mass is 10.0. The summed E-state index contributed by atoms with van der Waals surface area (Å²) in [5.74, 6) is 0.980. The Kier molecular flexibility index (Phi) is 9.24. The summed E-state index contributed by atoms with van der Waals surface area (Å²) >= 11 is 0. The third-order valence-electron chi connectivity index (χ3n) is 5.44. The van der Waals surface area contributed by atoms with Crippen molar-refractivity contribution in [2.75, 3.05) is 63.8 Å². The number of hydrogen-bond acceptors (Lipinski definition) is 9. The molecule has 0 fully saturated rings. The quantitative estimate of drug-likeness (QED) is 0.516. The summed E-state index contributed by atoms with van der Waals surface area (Å²) in [5, 5.41) is 3.20. The molecular formula is C27H37FN8O. The van der Waals surface area contributed by atoms with Gasteiger partial charge in [-0.25, -0.2) is 14.4 Å². The molecule has 0 atom stereocenters. The Labute approximate surface area is 218 Å². The van der Waals surface area contributed by atoms with Crippen molar-refractivity contribution in [1.29, 1.82) is 0 Å². The van der Waals surface area contributed by atoms with Gasteiger partial charge in [-0.05, 0) is 57.8 Å². The van der Waals surface area contributed by atoms with Crippen molar-refractivity contribution in [2.24, 2.45) is 0 Å². The number of aromatic nitrogens is 3. The number of nitrogens with zero attached hydrogens (tertiary/aromatic N) is 6. The van der Waals surface area contributed by atoms with Crippen LogP contribution in [0.3, 0.4) is 0 Å². The van der Waals surface area contributed by atoms with Gasteiger partial charge < -0.3 is 30.5 Å². The first-order valence-corrected chi connectivity index (χ1v) is 12.1. The highest BCUT2D eigenvalue weighted by Gasteiger charge is 2.18. The molecule has 3 heterocycles. The fraction of sp³-hybridized carbons (Fsp3) is 0.370. The standard InChI is InChI=1S/C27H37FN8O/c1-18(2)37-26-24(16-22(29)25(33-26)36(7)14-13-34(4)5)32-27-30-11-10-23(31-27)21-17-35(6)12-8-9-20(28)15-19(21)3/h8-11,15-18H,3,12-14,29H2,1-2,4-7H3,(H,30,31,32)/b9-8-,20-15+,21-17+. The SMILES string of the molecule is C=C1/C=C(F)\C=C/CN(C)/C=C\1c1ccnc(Nc2cc(N)c(N(C)CCN(C)C)nc2OC(C)C)n1. The first-order chi connectivity index (χ1) is 17.5. The maximum absolute atomic E-state index is 14.2. The molecule has 0 unspecified atom stereocenters. The maximum Gasteiger partial charge on any atom is 0.240 e. The number of hydrogen-bond donors (Lipinski definition) is 2. The van der Waals surface area contributed by atoms with Crippen molar-refractivity contribution in [3.8, 4) is 5.88 Å². The average molecular weight is 509 g/mol. The summed E-state index contributed by atoms with van der Waals surface area (Å²) in [7, 11) is 7.89. The Morgan fingerprint density at radius 3 is 2.70 bits per heavy atom. The monoisotopic (exact) mass is 508 g/mol. The summed E-state index contributed by atoms with van der Waals surface area (Å²) in [4.78, 5) is 19.8. The number of rotatable bonds is 9. The van der Waals surface area contributed by atoms with Crippen LogP contribution in [-0.2, 0) is 0 Å². The van der Waals surface area contributed by atoms with Crippen LogP contribution in [0.15, 0.2) is 60.7 Å². The van der Waals surface area contributed by atoms with Crippen LogP contribution in [0.1, 0.15) is 19.5 Å². The van der Waals surface area contributed by atoms with E-state index in [1.165, 1.54) is 12.2 Å². The van der Waals surface area contributed by atoms with Gasteiger partial charge >= 0.3 is 0 Å². The molecule has 198 valence electrons. The lowest BCUT2D eigenvalue weighted by Gasteiger charge is -2.24. The molecule has 0 spiro atoms. The third kappa shape index (κ3) is 7.78. The smallest absolute Gasteiger partial charge is 0.240 e. The highest BCUT2D eigenvalue weighted by Crippen LogP contribution is 2.34. The van der Waals surface area contributed by atoms with E-state index in [4.69, 9.17) is 15.5 Å². The molecular weight excluding hydrogens is 471 g/mol. The fourth-order valence-corrected chi connectivity index (χ4v) is 3.57. The zero-order chi connectivity index (χ0) is 27.1. The van der Waals surface area contributed by atoms with Crippen molar-refractivity contribution in [3.63, 3.8) is 0 Å². The van der Waals surface area contributed by atoms with Crippen LogP contribution in [0.2, 0.25) is 0 Å². The van der Waals surface area contributed by atoms with Crippen molar-refractivity contribution >= 4 is 28.7 Å². The number of nitrogens with two attached hydrogens (primary N) is 1. The maximum atomic E-state index is 14.2. The van der Waals surface area contributed by atoms with E-state index in [1.54, 1.807) is 24.4 Å². The van der Waals surface area contributed by atoms with E-state index in [-0.39, 0.29) is 11.9 Å². The van der Waals surface area contributed by atoms with Gasteiger partial charge in [-0.3, -0.25) is 0 Å². The van der Waals surface area contributed by atoms with Gasteiger partial charge in [0.1, 0.15) is 11.5 Å². The molecule has 0 aliphatic carbocycles. The van der Waals surface area contributed by atoms with Crippen molar-refractivity contribution in [1.82, 2.24) is 24.8 Å². The van der Waals surface area contributed by atoms with Crippen LogP contribution in [0.25, 0.3) is 5.57 Å². The third-order valence-corrected chi connectivity index (χ3v) is 5.44. The molecule has 37 heavy (non-hydrogen) atoms. The predicted octanol–water partition coefficient (Wildman–Crippen LogP) is 4.23. The highest BCUT2D eigenvalue weighted by molar-refractivity contribution is 5.80. The molecule has 0 aromatic carbocycles. The molecule has 0 radical (unpaired) electrons. The van der Waals surface area contributed by atoms with Gasteiger partial charge in [0.2, 0.25) is 11.8 Å². The van der Waals surface area contributed by atoms with Crippen LogP contribution in [0.5, 0.6) is 5.88 Å². The highest BCUT2D eigenvalue weighted by atomic mass is 19.1. The van der Waals surface area contributed by atoms with Gasteiger partial charge in [-0.1, -0.05) is 12.7 Å². The summed E-state index contributed by atoms with van der Waals surface area (Å²) in [6.45, 7) is 10.1. The summed E-state index contributed by atoms with van der Waals surface area (Å²) in [6.07, 6.45) is 7.98. The number of ether oxygens (including phenoxy) is 1. The topological polar surface area (TPSA) is 95.7 Å². The van der Waals surface area contributed by atoms with Crippen LogP contribution in [0.4, 0.5) is 27.5 Å². The van der Waals surface area contributed by atoms with Crippen molar-refractivity contribution in [3.05, 3.63) is 66.4 Å². The van der Waals surface area contributed by atoms with Gasteiger partial charge in [-0.2, -0.15) is 4.98 Å². The molecule has 2 aromatic heterocycles. The molecule has 0 bridgehead atoms. The second kappa shape index (κ2) is 12.4. The largest absolute Gasteiger partial charge is 0.473 e. The molecule has 3 N–H and O–H groups in total. The van der Waals surface area contributed by atoms with Crippen molar-refractivity contribution < 1.29 is 9.13 Å². The first kappa shape index (κ1) is 27.7. The number of likely N-dealkylation sites (N-methyl/N-ethyl adjacent to an activating group) is 3. The Hall–Kier alpha value is -3.92. The normalized spacial score (nSPS) is 17.9. The van der Waals surface area contributed by atoms with E-state index in [9.17, 15) is 4.39 Å². The van der Waals surface area contributed by atoms with Gasteiger partial charge in [0, 0.05) is 51.7 Å². The molecule has 10 heteroatoms. The zero-order valence-corrected chi connectivity index (χ0v) is 22.5. The zero-order valence-electron chi connectivity index (χ0n) is 22.5. The van der Waals surface area contributed by atoms with Gasteiger partial charge in [0.25, 0.3) is 0 Å². The number of pyridine rings is 1. The van der Waals surface area contributed by atoms with E-state index in [1.807, 2.05) is 58.0 Å². The van der Waals surface area contributed by atoms with E-state index < -0.39 is 0 Å². The number of halogens is 1. The Morgan fingerprint density at radius 1 is 1.24 bits per heavy atom. The van der Waals surface area contributed by atoms with Crippen molar-refractivity contribution in [2.45, 2.75) is 20.0 Å². The molecule has 2 aromatic rings. The number of anilines is 4. The van der Waals surface area contributed by atoms with Crippen LogP contribution in [0, 0.1) is 0 Å². The first-order valence-electron chi connectivity index (χ1n) is 12.1. The number of nitrogen functional groups attached to an aromatic ring is 1. The molecule has 1 aliphatic heterocycles. The minimum Gasteiger partial charge on any atom is -0.473 e. The van der Waals surface area contributed by atoms with Crippen LogP contribution in [-0.4, -0.2) is 78.7 Å². The van der Waals surface area contributed by atoms with Gasteiger partial charge in [0.05, 0.1) is 17.5 Å². The van der Waals surface area contributed by atoms with Gasteiger partial charge in [0.15, 0.2) is 5.82 Å². The average Bonchev–Trinajstić information content (AvgIpc) is 2.88. The summed E-state index contributed by atoms with van der Waals surface area (Å²) < 4.78 is 20.2. The fourth-order valence-electron chi connectivity index (χ4n) is 3.57.